The second kappa shape index (κ2) is 11.6. The molecule has 0 aromatic heterocycles. The fraction of sp³-hybridized carbons (Fsp3) is 0.286. The molecule has 0 bridgehead atoms. The summed E-state index contributed by atoms with van der Waals surface area (Å²) in [5.74, 6) is -0.595. The summed E-state index contributed by atoms with van der Waals surface area (Å²) in [7, 11) is -2.24. The van der Waals surface area contributed by atoms with Crippen LogP contribution in [0.25, 0.3) is 0 Å². The monoisotopic (exact) mass is 521 g/mol. The number of piperidine rings is 1. The summed E-state index contributed by atoms with van der Waals surface area (Å²) in [6.45, 7) is 2.31. The number of rotatable bonds is 8. The fourth-order valence-corrected chi connectivity index (χ4v) is 5.92. The smallest absolute Gasteiger partial charge is 0.253 e. The van der Waals surface area contributed by atoms with Crippen molar-refractivity contribution in [2.24, 2.45) is 5.92 Å². The third kappa shape index (κ3) is 6.18. The van der Waals surface area contributed by atoms with Crippen LogP contribution in [0.2, 0.25) is 0 Å². The van der Waals surface area contributed by atoms with E-state index in [0.717, 1.165) is 5.56 Å². The van der Waals surface area contributed by atoms with E-state index in [2.05, 4.69) is 10.6 Å². The average molecular weight is 522 g/mol. The van der Waals surface area contributed by atoms with Crippen LogP contribution in [0, 0.1) is 5.92 Å². The zero-order valence-corrected chi connectivity index (χ0v) is 21.7. The van der Waals surface area contributed by atoms with Gasteiger partial charge in [0.15, 0.2) is 0 Å². The first-order valence-corrected chi connectivity index (χ1v) is 13.6. The number of anilines is 1. The fourth-order valence-electron chi connectivity index (χ4n) is 4.40. The molecular weight excluding hydrogens is 490 g/mol. The highest BCUT2D eigenvalue weighted by Gasteiger charge is 2.33. The summed E-state index contributed by atoms with van der Waals surface area (Å²) in [5.41, 5.74) is 1.70. The van der Waals surface area contributed by atoms with Crippen LogP contribution in [0.4, 0.5) is 5.69 Å². The Morgan fingerprint density at radius 1 is 0.973 bits per heavy atom. The van der Waals surface area contributed by atoms with Gasteiger partial charge in [0.2, 0.25) is 15.9 Å². The summed E-state index contributed by atoms with van der Waals surface area (Å²) in [6.07, 6.45) is 1.12. The van der Waals surface area contributed by atoms with Gasteiger partial charge in [-0.25, -0.2) is 8.42 Å². The molecule has 9 heteroatoms. The molecule has 2 unspecified atom stereocenters. The van der Waals surface area contributed by atoms with E-state index in [1.54, 1.807) is 36.4 Å². The Kier molecular flexibility index (Phi) is 8.25. The maximum atomic E-state index is 13.2. The first-order valence-electron chi connectivity index (χ1n) is 12.2. The Morgan fingerprint density at radius 2 is 1.65 bits per heavy atom. The Balaban J connectivity index is 1.44. The van der Waals surface area contributed by atoms with Crippen molar-refractivity contribution >= 4 is 27.5 Å². The molecular formula is C28H31N3O5S. The molecule has 8 nitrogen and oxygen atoms in total. The largest absolute Gasteiger partial charge is 0.497 e. The molecule has 3 aromatic carbocycles. The van der Waals surface area contributed by atoms with Crippen LogP contribution in [-0.4, -0.2) is 44.7 Å². The predicted octanol–water partition coefficient (Wildman–Crippen LogP) is 4.23. The Labute approximate surface area is 217 Å². The maximum absolute atomic E-state index is 13.2. The van der Waals surface area contributed by atoms with Gasteiger partial charge in [-0.15, -0.1) is 0 Å². The van der Waals surface area contributed by atoms with Gasteiger partial charge in [-0.1, -0.05) is 42.5 Å². The zero-order valence-electron chi connectivity index (χ0n) is 20.9. The maximum Gasteiger partial charge on any atom is 0.253 e. The van der Waals surface area contributed by atoms with Crippen LogP contribution in [0.15, 0.2) is 83.8 Å². The van der Waals surface area contributed by atoms with Crippen molar-refractivity contribution in [3.05, 3.63) is 90.0 Å². The van der Waals surface area contributed by atoms with Crippen molar-refractivity contribution in [3.8, 4) is 5.75 Å². The number of hydrogen-bond donors (Lipinski definition) is 2. The predicted molar refractivity (Wildman–Crippen MR) is 142 cm³/mol. The molecule has 1 aliphatic heterocycles. The molecule has 0 spiro atoms. The number of para-hydroxylation sites is 1. The Hall–Kier alpha value is -3.69. The molecule has 1 aliphatic rings. The molecule has 1 saturated heterocycles. The van der Waals surface area contributed by atoms with E-state index in [4.69, 9.17) is 4.74 Å². The van der Waals surface area contributed by atoms with Crippen LogP contribution < -0.4 is 15.4 Å². The summed E-state index contributed by atoms with van der Waals surface area (Å²) in [5, 5.41) is 5.84. The quantitative estimate of drug-likeness (QED) is 0.462. The standard InChI is InChI=1S/C28H31N3O5S/c1-20(21-9-4-3-5-10-21)29-28(33)25-12-6-7-13-26(25)30-27(32)22-11-8-18-31(19-22)37(34,35)24-16-14-23(36-2)15-17-24/h3-7,9-10,12-17,20,22H,8,11,18-19H2,1-2H3,(H,29,33)(H,30,32). The Morgan fingerprint density at radius 3 is 2.35 bits per heavy atom. The summed E-state index contributed by atoms with van der Waals surface area (Å²) in [6, 6.07) is 22.4. The molecule has 3 aromatic rings. The molecule has 194 valence electrons. The Bertz CT molecular complexity index is 1340. The summed E-state index contributed by atoms with van der Waals surface area (Å²) >= 11 is 0. The van der Waals surface area contributed by atoms with E-state index in [-0.39, 0.29) is 29.3 Å². The number of benzene rings is 3. The number of carbonyl (C=O) groups excluding carboxylic acids is 2. The lowest BCUT2D eigenvalue weighted by molar-refractivity contribution is -0.120. The molecule has 1 fully saturated rings. The van der Waals surface area contributed by atoms with Crippen LogP contribution >= 0.6 is 0 Å². The van der Waals surface area contributed by atoms with Gasteiger partial charge in [0.25, 0.3) is 5.91 Å². The molecule has 2 atom stereocenters. The van der Waals surface area contributed by atoms with Crippen molar-refractivity contribution in [1.29, 1.82) is 0 Å². The summed E-state index contributed by atoms with van der Waals surface area (Å²) in [4.78, 5) is 26.4. The molecule has 2 N–H and O–H groups in total. The molecule has 0 aliphatic carbocycles. The normalized spacial score (nSPS) is 17.0. The lowest BCUT2D eigenvalue weighted by Gasteiger charge is -2.31. The highest BCUT2D eigenvalue weighted by atomic mass is 32.2. The van der Waals surface area contributed by atoms with E-state index >= 15 is 0 Å². The van der Waals surface area contributed by atoms with Gasteiger partial charge in [-0.3, -0.25) is 9.59 Å². The molecule has 0 saturated carbocycles. The minimum atomic E-state index is -3.75. The van der Waals surface area contributed by atoms with Gasteiger partial charge in [0, 0.05) is 13.1 Å². The van der Waals surface area contributed by atoms with Crippen LogP contribution in [-0.2, 0) is 14.8 Å². The molecule has 37 heavy (non-hydrogen) atoms. The highest BCUT2D eigenvalue weighted by Crippen LogP contribution is 2.27. The van der Waals surface area contributed by atoms with E-state index < -0.39 is 15.9 Å². The number of nitrogens with zero attached hydrogens (tertiary/aromatic N) is 1. The van der Waals surface area contributed by atoms with E-state index in [9.17, 15) is 18.0 Å². The number of hydrogen-bond acceptors (Lipinski definition) is 5. The van der Waals surface area contributed by atoms with Crippen molar-refractivity contribution < 1.29 is 22.7 Å². The van der Waals surface area contributed by atoms with Gasteiger partial charge in [0.05, 0.1) is 35.2 Å². The summed E-state index contributed by atoms with van der Waals surface area (Å²) < 4.78 is 32.8. The number of amides is 2. The highest BCUT2D eigenvalue weighted by molar-refractivity contribution is 7.89. The number of carbonyl (C=O) groups is 2. The first-order chi connectivity index (χ1) is 17.8. The lowest BCUT2D eigenvalue weighted by atomic mass is 9.98. The van der Waals surface area contributed by atoms with Crippen molar-refractivity contribution in [1.82, 2.24) is 9.62 Å². The van der Waals surface area contributed by atoms with Gasteiger partial charge in [0.1, 0.15) is 5.75 Å². The second-order valence-corrected chi connectivity index (χ2v) is 11.0. The van der Waals surface area contributed by atoms with Crippen LogP contribution in [0.5, 0.6) is 5.75 Å². The third-order valence-corrected chi connectivity index (χ3v) is 8.41. The van der Waals surface area contributed by atoms with Crippen molar-refractivity contribution in [2.75, 3.05) is 25.5 Å². The van der Waals surface area contributed by atoms with Crippen LogP contribution in [0.3, 0.4) is 0 Å². The molecule has 4 rings (SSSR count). The van der Waals surface area contributed by atoms with E-state index in [0.29, 0.717) is 36.4 Å². The number of sulfonamides is 1. The topological polar surface area (TPSA) is 105 Å². The minimum Gasteiger partial charge on any atom is -0.497 e. The molecule has 0 radical (unpaired) electrons. The SMILES string of the molecule is COc1ccc(S(=O)(=O)N2CCCC(C(=O)Nc3ccccc3C(=O)NC(C)c3ccccc3)C2)cc1. The molecule has 1 heterocycles. The van der Waals surface area contributed by atoms with Crippen molar-refractivity contribution in [2.45, 2.75) is 30.7 Å². The molecule has 2 amide bonds. The lowest BCUT2D eigenvalue weighted by Crippen LogP contribution is -2.43. The van der Waals surface area contributed by atoms with Gasteiger partial charge < -0.3 is 15.4 Å². The first kappa shape index (κ1) is 26.4. The number of nitrogens with one attached hydrogen (secondary N) is 2. The number of ether oxygens (including phenoxy) is 1. The minimum absolute atomic E-state index is 0.0690. The van der Waals surface area contributed by atoms with Gasteiger partial charge in [-0.2, -0.15) is 4.31 Å². The van der Waals surface area contributed by atoms with E-state index in [1.807, 2.05) is 37.3 Å². The van der Waals surface area contributed by atoms with E-state index in [1.165, 1.54) is 23.5 Å². The van der Waals surface area contributed by atoms with Gasteiger partial charge >= 0.3 is 0 Å². The van der Waals surface area contributed by atoms with Gasteiger partial charge in [-0.05, 0) is 61.7 Å². The van der Waals surface area contributed by atoms with Crippen molar-refractivity contribution in [3.63, 3.8) is 0 Å². The van der Waals surface area contributed by atoms with Crippen LogP contribution in [0.1, 0.15) is 41.7 Å². The number of methoxy groups -OCH3 is 1. The second-order valence-electron chi connectivity index (χ2n) is 9.02. The zero-order chi connectivity index (χ0) is 26.4. The third-order valence-electron chi connectivity index (χ3n) is 6.53. The average Bonchev–Trinajstić information content (AvgIpc) is 2.93.